The van der Waals surface area contributed by atoms with Gasteiger partial charge in [-0.25, -0.2) is 0 Å². The fraction of sp³-hybridized carbons (Fsp3) is 0.923. The fourth-order valence-corrected chi connectivity index (χ4v) is 3.77. The molecule has 0 aliphatic carbocycles. The number of ether oxygens (including phenoxy) is 1. The second-order valence-electron chi connectivity index (χ2n) is 5.37. The van der Waals surface area contributed by atoms with E-state index in [0.29, 0.717) is 18.7 Å². The van der Waals surface area contributed by atoms with Crippen LogP contribution in [0.4, 0.5) is 0 Å². The van der Waals surface area contributed by atoms with Crippen molar-refractivity contribution in [2.75, 3.05) is 45.3 Å². The molecule has 104 valence electrons. The Morgan fingerprint density at radius 2 is 2.22 bits per heavy atom. The minimum Gasteiger partial charge on any atom is -0.377 e. The van der Waals surface area contributed by atoms with Crippen molar-refractivity contribution >= 4 is 17.7 Å². The predicted octanol–water partition coefficient (Wildman–Crippen LogP) is 1.06. The summed E-state index contributed by atoms with van der Waals surface area (Å²) in [5.41, 5.74) is 0. The number of amides is 1. The highest BCUT2D eigenvalue weighted by molar-refractivity contribution is 7.99. The Bertz CT molecular complexity index is 274. The topological polar surface area (TPSA) is 32.8 Å². The summed E-state index contributed by atoms with van der Waals surface area (Å²) in [6.07, 6.45) is 3.86. The van der Waals surface area contributed by atoms with E-state index in [0.717, 1.165) is 25.3 Å². The summed E-state index contributed by atoms with van der Waals surface area (Å²) in [5.74, 6) is 2.58. The zero-order valence-corrected chi connectivity index (χ0v) is 12.2. The highest BCUT2D eigenvalue weighted by Gasteiger charge is 2.28. The SMILES string of the molecule is CN(C)C(=O)CN(C[C@H]1CCCO1)[C@H]1CCSC1. The van der Waals surface area contributed by atoms with Crippen LogP contribution in [0.5, 0.6) is 0 Å². The smallest absolute Gasteiger partial charge is 0.236 e. The standard InChI is InChI=1S/C13H24N2O2S/c1-14(2)13(16)9-15(11-5-7-18-10-11)8-12-4-3-6-17-12/h11-12H,3-10H2,1-2H3/t11-,12+/m0/s1. The summed E-state index contributed by atoms with van der Waals surface area (Å²) in [6, 6.07) is 0.558. The Kier molecular flexibility index (Phi) is 5.33. The van der Waals surface area contributed by atoms with Crippen LogP contribution in [-0.2, 0) is 9.53 Å². The number of nitrogens with zero attached hydrogens (tertiary/aromatic N) is 2. The van der Waals surface area contributed by atoms with Crippen molar-refractivity contribution in [1.82, 2.24) is 9.80 Å². The van der Waals surface area contributed by atoms with Gasteiger partial charge in [-0.3, -0.25) is 9.69 Å². The molecule has 0 unspecified atom stereocenters. The Morgan fingerprint density at radius 3 is 2.78 bits per heavy atom. The molecule has 0 aromatic heterocycles. The molecule has 2 heterocycles. The number of hydrogen-bond acceptors (Lipinski definition) is 4. The van der Waals surface area contributed by atoms with Crippen molar-refractivity contribution in [2.45, 2.75) is 31.4 Å². The number of rotatable bonds is 5. The first-order valence-electron chi connectivity index (χ1n) is 6.80. The van der Waals surface area contributed by atoms with Crippen LogP contribution < -0.4 is 0 Å². The molecule has 2 aliphatic heterocycles. The van der Waals surface area contributed by atoms with E-state index >= 15 is 0 Å². The second kappa shape index (κ2) is 6.78. The lowest BCUT2D eigenvalue weighted by atomic mass is 10.1. The number of thioether (sulfide) groups is 1. The van der Waals surface area contributed by atoms with Crippen LogP contribution in [-0.4, -0.2) is 73.2 Å². The molecule has 2 rings (SSSR count). The number of likely N-dealkylation sites (N-methyl/N-ethyl adjacent to an activating group) is 1. The van der Waals surface area contributed by atoms with E-state index in [-0.39, 0.29) is 5.91 Å². The highest BCUT2D eigenvalue weighted by Crippen LogP contribution is 2.24. The first kappa shape index (κ1) is 14.2. The largest absolute Gasteiger partial charge is 0.377 e. The van der Waals surface area contributed by atoms with E-state index in [2.05, 4.69) is 4.90 Å². The normalized spacial score (nSPS) is 27.9. The molecule has 0 N–H and O–H groups in total. The predicted molar refractivity (Wildman–Crippen MR) is 75.0 cm³/mol. The van der Waals surface area contributed by atoms with Crippen LogP contribution in [0.15, 0.2) is 0 Å². The van der Waals surface area contributed by atoms with E-state index in [1.54, 1.807) is 4.90 Å². The molecule has 2 fully saturated rings. The van der Waals surface area contributed by atoms with Crippen LogP contribution in [0.25, 0.3) is 0 Å². The van der Waals surface area contributed by atoms with Crippen LogP contribution in [0.3, 0.4) is 0 Å². The van der Waals surface area contributed by atoms with Gasteiger partial charge in [0.2, 0.25) is 5.91 Å². The lowest BCUT2D eigenvalue weighted by Crippen LogP contribution is -2.46. The molecule has 0 saturated carbocycles. The molecule has 4 nitrogen and oxygen atoms in total. The highest BCUT2D eigenvalue weighted by atomic mass is 32.2. The molecule has 0 aromatic rings. The van der Waals surface area contributed by atoms with Gasteiger partial charge in [-0.2, -0.15) is 11.8 Å². The maximum atomic E-state index is 11.9. The number of carbonyl (C=O) groups excluding carboxylic acids is 1. The van der Waals surface area contributed by atoms with Gasteiger partial charge in [0.05, 0.1) is 12.6 Å². The van der Waals surface area contributed by atoms with Crippen LogP contribution >= 0.6 is 11.8 Å². The summed E-state index contributed by atoms with van der Waals surface area (Å²) < 4.78 is 5.71. The first-order valence-corrected chi connectivity index (χ1v) is 7.96. The monoisotopic (exact) mass is 272 g/mol. The second-order valence-corrected chi connectivity index (χ2v) is 6.52. The lowest BCUT2D eigenvalue weighted by molar-refractivity contribution is -0.130. The third kappa shape index (κ3) is 3.87. The number of carbonyl (C=O) groups is 1. The molecular formula is C13H24N2O2S. The third-order valence-corrected chi connectivity index (χ3v) is 4.87. The molecule has 0 aromatic carbocycles. The van der Waals surface area contributed by atoms with Gasteiger partial charge in [0.15, 0.2) is 0 Å². The van der Waals surface area contributed by atoms with Crippen molar-refractivity contribution in [3.05, 3.63) is 0 Å². The van der Waals surface area contributed by atoms with Crippen LogP contribution in [0.2, 0.25) is 0 Å². The molecule has 0 spiro atoms. The summed E-state index contributed by atoms with van der Waals surface area (Å²) in [4.78, 5) is 16.0. The summed E-state index contributed by atoms with van der Waals surface area (Å²) >= 11 is 2.00. The molecule has 2 aliphatic rings. The number of hydrogen-bond donors (Lipinski definition) is 0. The van der Waals surface area contributed by atoms with E-state index in [9.17, 15) is 4.79 Å². The molecule has 2 atom stereocenters. The van der Waals surface area contributed by atoms with Crippen molar-refractivity contribution in [2.24, 2.45) is 0 Å². The molecule has 1 amide bonds. The van der Waals surface area contributed by atoms with Gasteiger partial charge in [0.1, 0.15) is 0 Å². The van der Waals surface area contributed by atoms with E-state index in [4.69, 9.17) is 4.74 Å². The average molecular weight is 272 g/mol. The Morgan fingerprint density at radius 1 is 1.39 bits per heavy atom. The minimum absolute atomic E-state index is 0.199. The van der Waals surface area contributed by atoms with Crippen molar-refractivity contribution in [3.63, 3.8) is 0 Å². The van der Waals surface area contributed by atoms with Gasteiger partial charge in [0.25, 0.3) is 0 Å². The Balaban J connectivity index is 1.90. The van der Waals surface area contributed by atoms with Gasteiger partial charge in [-0.05, 0) is 25.0 Å². The summed E-state index contributed by atoms with van der Waals surface area (Å²) in [7, 11) is 3.66. The zero-order valence-electron chi connectivity index (χ0n) is 11.4. The van der Waals surface area contributed by atoms with E-state index in [1.807, 2.05) is 25.9 Å². The molecule has 0 bridgehead atoms. The Labute approximate surface area is 114 Å². The first-order chi connectivity index (χ1) is 8.66. The third-order valence-electron chi connectivity index (χ3n) is 3.72. The van der Waals surface area contributed by atoms with Crippen molar-refractivity contribution < 1.29 is 9.53 Å². The maximum Gasteiger partial charge on any atom is 0.236 e. The van der Waals surface area contributed by atoms with Crippen molar-refractivity contribution in [1.29, 1.82) is 0 Å². The molecular weight excluding hydrogens is 248 g/mol. The van der Waals surface area contributed by atoms with E-state index < -0.39 is 0 Å². The minimum atomic E-state index is 0.199. The molecule has 5 heteroatoms. The molecule has 0 radical (unpaired) electrons. The maximum absolute atomic E-state index is 11.9. The lowest BCUT2D eigenvalue weighted by Gasteiger charge is -2.30. The quantitative estimate of drug-likeness (QED) is 0.749. The summed E-state index contributed by atoms with van der Waals surface area (Å²) in [5, 5.41) is 0. The van der Waals surface area contributed by atoms with Crippen LogP contribution in [0, 0.1) is 0 Å². The van der Waals surface area contributed by atoms with Crippen molar-refractivity contribution in [3.8, 4) is 0 Å². The van der Waals surface area contributed by atoms with Gasteiger partial charge in [-0.15, -0.1) is 0 Å². The van der Waals surface area contributed by atoms with Gasteiger partial charge < -0.3 is 9.64 Å². The summed E-state index contributed by atoms with van der Waals surface area (Å²) in [6.45, 7) is 2.35. The van der Waals surface area contributed by atoms with Gasteiger partial charge in [-0.1, -0.05) is 0 Å². The van der Waals surface area contributed by atoms with E-state index in [1.165, 1.54) is 18.6 Å². The van der Waals surface area contributed by atoms with Crippen LogP contribution in [0.1, 0.15) is 19.3 Å². The molecule has 18 heavy (non-hydrogen) atoms. The molecule has 2 saturated heterocycles. The zero-order chi connectivity index (χ0) is 13.0. The van der Waals surface area contributed by atoms with Gasteiger partial charge >= 0.3 is 0 Å². The Hall–Kier alpha value is -0.260. The average Bonchev–Trinajstić information content (AvgIpc) is 3.00. The fourth-order valence-electron chi connectivity index (χ4n) is 2.52. The van der Waals surface area contributed by atoms with Gasteiger partial charge in [0, 0.05) is 39.0 Å².